The van der Waals surface area contributed by atoms with Gasteiger partial charge in [-0.25, -0.2) is 8.78 Å². The summed E-state index contributed by atoms with van der Waals surface area (Å²) in [6.45, 7) is -1.20. The first kappa shape index (κ1) is 25.6. The largest absolute Gasteiger partial charge is 0.497 e. The number of carbonyl (C=O) groups excluding carboxylic acids is 3. The van der Waals surface area contributed by atoms with Crippen molar-refractivity contribution in [2.75, 3.05) is 20.2 Å². The van der Waals surface area contributed by atoms with Gasteiger partial charge in [0.05, 0.1) is 32.7 Å². The zero-order valence-corrected chi connectivity index (χ0v) is 19.0. The molecule has 1 saturated carbocycles. The van der Waals surface area contributed by atoms with E-state index in [9.17, 15) is 28.4 Å². The molecule has 1 aromatic heterocycles. The first-order valence-electron chi connectivity index (χ1n) is 10.8. The van der Waals surface area contributed by atoms with E-state index in [4.69, 9.17) is 10.5 Å². The number of carbonyl (C=O) groups is 3. The molecule has 35 heavy (non-hydrogen) atoms. The summed E-state index contributed by atoms with van der Waals surface area (Å²) in [5.41, 5.74) is 4.38. The average molecular weight is 485 g/mol. The SMILES string of the molecule is COc1ccc(C(N)=O)cc1.N#CC1(C2CC2)CC(F)(F)CN1C(=O)CNC(=O)c1ccncc1. The lowest BCUT2D eigenvalue weighted by atomic mass is 9.91. The van der Waals surface area contributed by atoms with E-state index in [0.717, 1.165) is 10.6 Å². The molecule has 1 aliphatic carbocycles. The van der Waals surface area contributed by atoms with Gasteiger partial charge in [0.1, 0.15) is 11.3 Å². The number of halogens is 2. The maximum Gasteiger partial charge on any atom is 0.268 e. The van der Waals surface area contributed by atoms with Crippen molar-refractivity contribution in [3.63, 3.8) is 0 Å². The van der Waals surface area contributed by atoms with Crippen LogP contribution in [0, 0.1) is 17.2 Å². The Morgan fingerprint density at radius 1 is 1.17 bits per heavy atom. The molecule has 4 rings (SSSR count). The Morgan fingerprint density at radius 3 is 2.31 bits per heavy atom. The van der Waals surface area contributed by atoms with Gasteiger partial charge in [-0.3, -0.25) is 19.4 Å². The molecule has 11 heteroatoms. The molecule has 2 aromatic rings. The van der Waals surface area contributed by atoms with E-state index in [1.807, 2.05) is 6.07 Å². The summed E-state index contributed by atoms with van der Waals surface area (Å²) in [4.78, 5) is 39.7. The molecule has 9 nitrogen and oxygen atoms in total. The molecule has 0 spiro atoms. The van der Waals surface area contributed by atoms with Crippen LogP contribution >= 0.6 is 0 Å². The molecule has 1 atom stereocenters. The third-order valence-electron chi connectivity index (χ3n) is 5.86. The van der Waals surface area contributed by atoms with Gasteiger partial charge in [-0.1, -0.05) is 0 Å². The van der Waals surface area contributed by atoms with Crippen LogP contribution in [0.15, 0.2) is 48.8 Å². The van der Waals surface area contributed by atoms with E-state index in [0.29, 0.717) is 24.0 Å². The lowest BCUT2D eigenvalue weighted by Gasteiger charge is -2.31. The molecule has 0 radical (unpaired) electrons. The number of nitrogens with two attached hydrogens (primary N) is 1. The van der Waals surface area contributed by atoms with Crippen LogP contribution in [0.3, 0.4) is 0 Å². The van der Waals surface area contributed by atoms with Crippen molar-refractivity contribution in [1.82, 2.24) is 15.2 Å². The zero-order valence-electron chi connectivity index (χ0n) is 19.0. The molecule has 1 aromatic carbocycles. The van der Waals surface area contributed by atoms with Crippen LogP contribution < -0.4 is 15.8 Å². The third kappa shape index (κ3) is 6.09. The van der Waals surface area contributed by atoms with Crippen LogP contribution in [-0.2, 0) is 4.79 Å². The maximum atomic E-state index is 13.8. The molecule has 1 unspecified atom stereocenters. The van der Waals surface area contributed by atoms with Crippen molar-refractivity contribution in [2.45, 2.75) is 30.7 Å². The van der Waals surface area contributed by atoms with E-state index < -0.39 is 48.7 Å². The number of likely N-dealkylation sites (tertiary alicyclic amines) is 1. The Morgan fingerprint density at radius 2 is 1.80 bits per heavy atom. The Hall–Kier alpha value is -4.07. The smallest absolute Gasteiger partial charge is 0.268 e. The number of pyridine rings is 1. The van der Waals surface area contributed by atoms with Crippen molar-refractivity contribution in [1.29, 1.82) is 5.26 Å². The van der Waals surface area contributed by atoms with Gasteiger partial charge in [0.25, 0.3) is 11.8 Å². The minimum atomic E-state index is -3.08. The molecule has 1 saturated heterocycles. The van der Waals surface area contributed by atoms with E-state index in [-0.39, 0.29) is 5.92 Å². The van der Waals surface area contributed by atoms with Crippen molar-refractivity contribution < 1.29 is 27.9 Å². The highest BCUT2D eigenvalue weighted by Gasteiger charge is 2.62. The van der Waals surface area contributed by atoms with E-state index in [2.05, 4.69) is 10.3 Å². The maximum absolute atomic E-state index is 13.8. The second kappa shape index (κ2) is 10.5. The van der Waals surface area contributed by atoms with Crippen LogP contribution in [0.4, 0.5) is 8.78 Å². The minimum absolute atomic E-state index is 0.212. The number of ether oxygens (including phenoxy) is 1. The number of hydrogen-bond donors (Lipinski definition) is 2. The summed E-state index contributed by atoms with van der Waals surface area (Å²) in [7, 11) is 1.57. The van der Waals surface area contributed by atoms with E-state index in [1.54, 1.807) is 31.4 Å². The number of primary amides is 1. The van der Waals surface area contributed by atoms with Gasteiger partial charge >= 0.3 is 0 Å². The highest BCUT2D eigenvalue weighted by Crippen LogP contribution is 2.52. The zero-order chi connectivity index (χ0) is 25.6. The molecule has 1 aliphatic heterocycles. The number of amides is 3. The van der Waals surface area contributed by atoms with Crippen LogP contribution in [0.5, 0.6) is 5.75 Å². The second-order valence-corrected chi connectivity index (χ2v) is 8.33. The number of alkyl halides is 2. The minimum Gasteiger partial charge on any atom is -0.497 e. The van der Waals surface area contributed by atoms with E-state index >= 15 is 0 Å². The highest BCUT2D eigenvalue weighted by atomic mass is 19.3. The van der Waals surface area contributed by atoms with Crippen molar-refractivity contribution in [3.05, 3.63) is 59.9 Å². The summed E-state index contributed by atoms with van der Waals surface area (Å²) >= 11 is 0. The number of hydrogen-bond acceptors (Lipinski definition) is 6. The lowest BCUT2D eigenvalue weighted by molar-refractivity contribution is -0.134. The molecule has 3 amide bonds. The third-order valence-corrected chi connectivity index (χ3v) is 5.86. The summed E-state index contributed by atoms with van der Waals surface area (Å²) in [5, 5.41) is 11.9. The fraction of sp³-hybridized carbons (Fsp3) is 0.375. The molecular formula is C24H25F2N5O4. The van der Waals surface area contributed by atoms with Crippen LogP contribution in [0.25, 0.3) is 0 Å². The number of nitrogens with zero attached hydrogens (tertiary/aromatic N) is 3. The van der Waals surface area contributed by atoms with Gasteiger partial charge < -0.3 is 20.7 Å². The van der Waals surface area contributed by atoms with Crippen molar-refractivity contribution in [3.8, 4) is 11.8 Å². The Kier molecular flexibility index (Phi) is 7.64. The fourth-order valence-electron chi connectivity index (χ4n) is 3.96. The summed E-state index contributed by atoms with van der Waals surface area (Å²) in [6, 6.07) is 11.6. The van der Waals surface area contributed by atoms with Gasteiger partial charge in [-0.15, -0.1) is 0 Å². The summed E-state index contributed by atoms with van der Waals surface area (Å²) in [6.07, 6.45) is 3.57. The van der Waals surface area contributed by atoms with Crippen molar-refractivity contribution in [2.24, 2.45) is 11.7 Å². The van der Waals surface area contributed by atoms with Crippen LogP contribution in [-0.4, -0.2) is 59.3 Å². The Bertz CT molecular complexity index is 1120. The Labute approximate surface area is 200 Å². The van der Waals surface area contributed by atoms with Gasteiger partial charge in [-0.05, 0) is 55.2 Å². The number of methoxy groups -OCH3 is 1. The number of nitrogens with one attached hydrogen (secondary N) is 1. The fourth-order valence-corrected chi connectivity index (χ4v) is 3.96. The van der Waals surface area contributed by atoms with Crippen molar-refractivity contribution >= 4 is 17.7 Å². The predicted molar refractivity (Wildman–Crippen MR) is 120 cm³/mol. The number of rotatable bonds is 6. The monoisotopic (exact) mass is 485 g/mol. The van der Waals surface area contributed by atoms with Gasteiger partial charge in [0, 0.05) is 23.5 Å². The number of nitriles is 1. The highest BCUT2D eigenvalue weighted by molar-refractivity contribution is 5.96. The average Bonchev–Trinajstić information content (AvgIpc) is 3.67. The first-order valence-corrected chi connectivity index (χ1v) is 10.8. The van der Waals surface area contributed by atoms with Gasteiger partial charge in [0.15, 0.2) is 0 Å². The quantitative estimate of drug-likeness (QED) is 0.643. The normalized spacial score (nSPS) is 20.1. The molecule has 2 heterocycles. The predicted octanol–water partition coefficient (Wildman–Crippen LogP) is 2.15. The second-order valence-electron chi connectivity index (χ2n) is 8.33. The summed E-state index contributed by atoms with van der Waals surface area (Å²) in [5.74, 6) is -4.16. The molecule has 3 N–H and O–H groups in total. The standard InChI is InChI=1S/C16H16F2N4O2.C8H9NO2/c17-16(18)8-15(9-19,12-1-2-12)22(10-16)13(23)7-21-14(24)11-3-5-20-6-4-11;1-11-7-4-2-6(3-5-7)8(9)10/h3-6,12H,1-2,7-8,10H2,(H,21,24);2-5H,1H3,(H2,9,10). The van der Waals surface area contributed by atoms with Gasteiger partial charge in [0.2, 0.25) is 11.8 Å². The first-order chi connectivity index (χ1) is 16.6. The van der Waals surface area contributed by atoms with Crippen LogP contribution in [0.1, 0.15) is 40.0 Å². The molecule has 0 bridgehead atoms. The topological polar surface area (TPSA) is 138 Å². The van der Waals surface area contributed by atoms with E-state index in [1.165, 1.54) is 24.5 Å². The van der Waals surface area contributed by atoms with Crippen LogP contribution in [0.2, 0.25) is 0 Å². The number of benzene rings is 1. The summed E-state index contributed by atoms with van der Waals surface area (Å²) < 4.78 is 32.6. The molecule has 184 valence electrons. The molecule has 2 fully saturated rings. The van der Waals surface area contributed by atoms with Gasteiger partial charge in [-0.2, -0.15) is 5.26 Å². The molecule has 2 aliphatic rings. The Balaban J connectivity index is 0.000000261. The molecular weight excluding hydrogens is 460 g/mol. The number of aromatic nitrogens is 1. The lowest BCUT2D eigenvalue weighted by Crippen LogP contribution is -2.51.